The topological polar surface area (TPSA) is 86.4 Å². The van der Waals surface area contributed by atoms with Crippen LogP contribution in [-0.4, -0.2) is 59.0 Å². The highest BCUT2D eigenvalue weighted by Crippen LogP contribution is 2.32. The third-order valence-electron chi connectivity index (χ3n) is 5.94. The molecule has 1 aliphatic rings. The van der Waals surface area contributed by atoms with Gasteiger partial charge in [-0.3, -0.25) is 4.79 Å². The van der Waals surface area contributed by atoms with Crippen molar-refractivity contribution < 1.29 is 9.53 Å². The molecule has 0 bridgehead atoms. The fourth-order valence-corrected chi connectivity index (χ4v) is 4.01. The summed E-state index contributed by atoms with van der Waals surface area (Å²) in [6, 6.07) is 17.7. The van der Waals surface area contributed by atoms with E-state index in [4.69, 9.17) is 4.74 Å². The van der Waals surface area contributed by atoms with Crippen molar-refractivity contribution >= 4 is 28.3 Å². The van der Waals surface area contributed by atoms with Gasteiger partial charge in [0.2, 0.25) is 11.8 Å². The number of hydrogen-bond donors (Lipinski definition) is 2. The van der Waals surface area contributed by atoms with Gasteiger partial charge in [-0.25, -0.2) is 9.97 Å². The third-order valence-corrected chi connectivity index (χ3v) is 5.94. The number of benzene rings is 2. The van der Waals surface area contributed by atoms with E-state index in [1.165, 1.54) is 18.1 Å². The van der Waals surface area contributed by atoms with Crippen LogP contribution >= 0.6 is 0 Å². The van der Waals surface area contributed by atoms with E-state index in [1.54, 1.807) is 18.2 Å². The van der Waals surface area contributed by atoms with Crippen LogP contribution < -0.4 is 15.0 Å². The van der Waals surface area contributed by atoms with Crippen molar-refractivity contribution in [2.75, 3.05) is 43.4 Å². The standard InChI is InChI=1S/C26H26N6O2/c1-3-24(33)29-19-5-4-6-21(15-19)34-26-22-16-23(30-25(22)27-17-28-26)18-7-9-20(10-8-18)32-13-11-31(2)12-14-32/h3-10,15-17H,1,11-14H2,2H3,(H,29,33)(H,27,28,30). The van der Waals surface area contributed by atoms with Gasteiger partial charge in [0.1, 0.15) is 17.7 Å². The molecule has 172 valence electrons. The molecule has 2 aromatic heterocycles. The van der Waals surface area contributed by atoms with Crippen molar-refractivity contribution in [3.63, 3.8) is 0 Å². The molecule has 0 aliphatic carbocycles. The van der Waals surface area contributed by atoms with Crippen LogP contribution in [0.3, 0.4) is 0 Å². The van der Waals surface area contributed by atoms with Gasteiger partial charge >= 0.3 is 0 Å². The van der Waals surface area contributed by atoms with Gasteiger partial charge in [0.05, 0.1) is 5.39 Å². The number of fused-ring (bicyclic) bond motifs is 1. The number of likely N-dealkylation sites (N-methyl/N-ethyl adjacent to an activating group) is 1. The maximum absolute atomic E-state index is 11.6. The lowest BCUT2D eigenvalue weighted by Crippen LogP contribution is -2.44. The van der Waals surface area contributed by atoms with Gasteiger partial charge in [-0.05, 0) is 49.0 Å². The predicted molar refractivity (Wildman–Crippen MR) is 134 cm³/mol. The number of nitrogens with zero attached hydrogens (tertiary/aromatic N) is 4. The molecule has 3 heterocycles. The minimum absolute atomic E-state index is 0.282. The maximum atomic E-state index is 11.6. The lowest BCUT2D eigenvalue weighted by molar-refractivity contribution is -0.111. The minimum Gasteiger partial charge on any atom is -0.438 e. The summed E-state index contributed by atoms with van der Waals surface area (Å²) in [5, 5.41) is 3.51. The van der Waals surface area contributed by atoms with E-state index in [0.29, 0.717) is 23.0 Å². The Kier molecular flexibility index (Phi) is 5.97. The Bertz CT molecular complexity index is 1320. The average molecular weight is 455 g/mol. The first-order valence-electron chi connectivity index (χ1n) is 11.2. The van der Waals surface area contributed by atoms with Gasteiger partial charge in [0.15, 0.2) is 0 Å². The molecule has 0 atom stereocenters. The Labute approximate surface area is 197 Å². The van der Waals surface area contributed by atoms with Gasteiger partial charge in [0.25, 0.3) is 0 Å². The number of aromatic amines is 1. The van der Waals surface area contributed by atoms with E-state index in [2.05, 4.69) is 68.0 Å². The van der Waals surface area contributed by atoms with Gasteiger partial charge in [-0.1, -0.05) is 24.8 Å². The molecule has 1 fully saturated rings. The van der Waals surface area contributed by atoms with Crippen LogP contribution in [0.1, 0.15) is 0 Å². The maximum Gasteiger partial charge on any atom is 0.247 e. The van der Waals surface area contributed by atoms with E-state index in [-0.39, 0.29) is 5.91 Å². The van der Waals surface area contributed by atoms with Gasteiger partial charge in [-0.15, -0.1) is 0 Å². The van der Waals surface area contributed by atoms with Crippen LogP contribution in [0.5, 0.6) is 11.6 Å². The molecular weight excluding hydrogens is 428 g/mol. The Balaban J connectivity index is 1.37. The SMILES string of the molecule is C=CC(=O)Nc1cccc(Oc2ncnc3[nH]c(-c4ccc(N5CCN(C)CC5)cc4)cc23)c1. The van der Waals surface area contributed by atoms with E-state index >= 15 is 0 Å². The molecule has 0 saturated carbocycles. The van der Waals surface area contributed by atoms with E-state index in [9.17, 15) is 4.79 Å². The van der Waals surface area contributed by atoms with Crippen molar-refractivity contribution in [3.8, 4) is 22.9 Å². The second-order valence-electron chi connectivity index (χ2n) is 8.28. The fraction of sp³-hybridized carbons (Fsp3) is 0.192. The molecule has 4 aromatic rings. The highest BCUT2D eigenvalue weighted by atomic mass is 16.5. The number of carbonyl (C=O) groups is 1. The lowest BCUT2D eigenvalue weighted by atomic mass is 10.1. The molecule has 34 heavy (non-hydrogen) atoms. The van der Waals surface area contributed by atoms with Gasteiger partial charge in [0, 0.05) is 49.3 Å². The number of rotatable bonds is 6. The largest absolute Gasteiger partial charge is 0.438 e. The van der Waals surface area contributed by atoms with Crippen LogP contribution in [0.15, 0.2) is 73.6 Å². The van der Waals surface area contributed by atoms with Crippen molar-refractivity contribution in [1.82, 2.24) is 19.9 Å². The van der Waals surface area contributed by atoms with Gasteiger partial charge < -0.3 is 24.8 Å². The summed E-state index contributed by atoms with van der Waals surface area (Å²) in [5.41, 5.74) is 4.55. The van der Waals surface area contributed by atoms with E-state index in [0.717, 1.165) is 42.8 Å². The monoisotopic (exact) mass is 454 g/mol. The quantitative estimate of drug-likeness (QED) is 0.423. The van der Waals surface area contributed by atoms with Crippen LogP contribution in [0, 0.1) is 0 Å². The number of amides is 1. The number of hydrogen-bond acceptors (Lipinski definition) is 6. The second kappa shape index (κ2) is 9.36. The third kappa shape index (κ3) is 4.62. The summed E-state index contributed by atoms with van der Waals surface area (Å²) in [6.45, 7) is 7.71. The minimum atomic E-state index is -0.282. The van der Waals surface area contributed by atoms with Crippen LogP contribution in [0.25, 0.3) is 22.3 Å². The van der Waals surface area contributed by atoms with Crippen molar-refractivity contribution in [2.24, 2.45) is 0 Å². The van der Waals surface area contributed by atoms with Crippen LogP contribution in [-0.2, 0) is 4.79 Å². The molecule has 1 saturated heterocycles. The van der Waals surface area contributed by atoms with Crippen molar-refractivity contribution in [1.29, 1.82) is 0 Å². The smallest absolute Gasteiger partial charge is 0.247 e. The van der Waals surface area contributed by atoms with E-state index < -0.39 is 0 Å². The molecule has 0 spiro atoms. The summed E-state index contributed by atoms with van der Waals surface area (Å²) in [5.74, 6) is 0.713. The van der Waals surface area contributed by atoms with Crippen molar-refractivity contribution in [2.45, 2.75) is 0 Å². The fourth-order valence-electron chi connectivity index (χ4n) is 4.01. The molecule has 8 heteroatoms. The number of H-pyrrole nitrogens is 1. The Morgan fingerprint density at radius 2 is 1.88 bits per heavy atom. The Hall–Kier alpha value is -4.17. The molecule has 8 nitrogen and oxygen atoms in total. The summed E-state index contributed by atoms with van der Waals surface area (Å²) in [6.07, 6.45) is 2.69. The first-order valence-corrected chi connectivity index (χ1v) is 11.2. The number of anilines is 2. The zero-order valence-corrected chi connectivity index (χ0v) is 19.0. The summed E-state index contributed by atoms with van der Waals surface area (Å²) in [4.78, 5) is 28.4. The molecule has 0 radical (unpaired) electrons. The zero-order valence-electron chi connectivity index (χ0n) is 19.0. The van der Waals surface area contributed by atoms with E-state index in [1.807, 2.05) is 12.1 Å². The number of nitrogens with one attached hydrogen (secondary N) is 2. The molecule has 0 unspecified atom stereocenters. The number of aromatic nitrogens is 3. The van der Waals surface area contributed by atoms with Crippen LogP contribution in [0.4, 0.5) is 11.4 Å². The molecule has 1 aliphatic heterocycles. The predicted octanol–water partition coefficient (Wildman–Crippen LogP) is 4.29. The molecule has 2 N–H and O–H groups in total. The average Bonchev–Trinajstić information content (AvgIpc) is 3.30. The second-order valence-corrected chi connectivity index (χ2v) is 8.28. The molecular formula is C26H26N6O2. The highest BCUT2D eigenvalue weighted by Gasteiger charge is 2.15. The number of carbonyl (C=O) groups excluding carboxylic acids is 1. The van der Waals surface area contributed by atoms with Crippen molar-refractivity contribution in [3.05, 3.63) is 73.6 Å². The van der Waals surface area contributed by atoms with Crippen LogP contribution in [0.2, 0.25) is 0 Å². The molecule has 2 aromatic carbocycles. The first-order chi connectivity index (χ1) is 16.6. The lowest BCUT2D eigenvalue weighted by Gasteiger charge is -2.34. The molecule has 5 rings (SSSR count). The molecule has 1 amide bonds. The summed E-state index contributed by atoms with van der Waals surface area (Å²) >= 11 is 0. The zero-order chi connectivity index (χ0) is 23.5. The normalized spacial score (nSPS) is 14.2. The number of ether oxygens (including phenoxy) is 1. The highest BCUT2D eigenvalue weighted by molar-refractivity contribution is 5.99. The van der Waals surface area contributed by atoms with Gasteiger partial charge in [-0.2, -0.15) is 0 Å². The Morgan fingerprint density at radius 1 is 1.09 bits per heavy atom. The Morgan fingerprint density at radius 3 is 2.65 bits per heavy atom. The number of piperazine rings is 1. The summed E-state index contributed by atoms with van der Waals surface area (Å²) < 4.78 is 6.04. The first kappa shape index (κ1) is 21.7. The summed E-state index contributed by atoms with van der Waals surface area (Å²) in [7, 11) is 2.16.